The summed E-state index contributed by atoms with van der Waals surface area (Å²) in [7, 11) is 1.62. The average molecular weight is 410 g/mol. The predicted molar refractivity (Wildman–Crippen MR) is 113 cm³/mol. The van der Waals surface area contributed by atoms with Crippen molar-refractivity contribution >= 4 is 23.1 Å². The Morgan fingerprint density at radius 1 is 1.28 bits per heavy atom. The van der Waals surface area contributed by atoms with E-state index < -0.39 is 0 Å². The minimum Gasteiger partial charge on any atom is -0.496 e. The Morgan fingerprint density at radius 3 is 2.93 bits per heavy atom. The van der Waals surface area contributed by atoms with E-state index in [4.69, 9.17) is 9.47 Å². The highest BCUT2D eigenvalue weighted by Crippen LogP contribution is 2.26. The Labute approximate surface area is 173 Å². The Bertz CT molecular complexity index is 985. The van der Waals surface area contributed by atoms with Gasteiger partial charge in [-0.05, 0) is 18.2 Å². The van der Waals surface area contributed by atoms with E-state index in [-0.39, 0.29) is 5.91 Å². The lowest BCUT2D eigenvalue weighted by molar-refractivity contribution is 0.0946. The number of morpholine rings is 1. The molecule has 3 heterocycles. The van der Waals surface area contributed by atoms with Gasteiger partial charge in [0.05, 0.1) is 20.3 Å². The van der Waals surface area contributed by atoms with E-state index in [9.17, 15) is 4.79 Å². The average Bonchev–Trinajstić information content (AvgIpc) is 3.29. The number of hydrogen-bond acceptors (Lipinski definition) is 7. The Kier molecular flexibility index (Phi) is 6.02. The van der Waals surface area contributed by atoms with E-state index in [1.165, 1.54) is 11.3 Å². The van der Waals surface area contributed by atoms with Crippen molar-refractivity contribution in [2.75, 3.05) is 38.3 Å². The molecule has 4 rings (SSSR count). The second kappa shape index (κ2) is 9.02. The van der Waals surface area contributed by atoms with Crippen LogP contribution in [0.1, 0.15) is 16.1 Å². The van der Waals surface area contributed by atoms with E-state index >= 15 is 0 Å². The first-order chi connectivity index (χ1) is 14.2. The molecule has 0 spiro atoms. The molecular weight excluding hydrogens is 388 g/mol. The van der Waals surface area contributed by atoms with Crippen molar-refractivity contribution in [3.63, 3.8) is 0 Å². The summed E-state index contributed by atoms with van der Waals surface area (Å²) in [5, 5.41) is 5.48. The number of amides is 1. The minimum absolute atomic E-state index is 0.208. The van der Waals surface area contributed by atoms with Gasteiger partial charge in [0.25, 0.3) is 5.91 Å². The van der Waals surface area contributed by atoms with Crippen LogP contribution in [-0.4, -0.2) is 49.3 Å². The van der Waals surface area contributed by atoms with Crippen molar-refractivity contribution < 1.29 is 14.3 Å². The van der Waals surface area contributed by atoms with Crippen LogP contribution in [0, 0.1) is 0 Å². The molecular formula is C21H22N4O3S. The Balaban J connectivity index is 1.44. The second-order valence-corrected chi connectivity index (χ2v) is 7.39. The van der Waals surface area contributed by atoms with Gasteiger partial charge in [-0.25, -0.2) is 9.97 Å². The zero-order chi connectivity index (χ0) is 20.1. The maximum absolute atomic E-state index is 12.5. The molecule has 1 aliphatic heterocycles. The molecule has 29 heavy (non-hydrogen) atoms. The van der Waals surface area contributed by atoms with E-state index in [0.717, 1.165) is 40.8 Å². The summed E-state index contributed by atoms with van der Waals surface area (Å²) in [6.45, 7) is 3.45. The summed E-state index contributed by atoms with van der Waals surface area (Å²) in [6, 6.07) is 11.5. The molecule has 8 heteroatoms. The number of hydrogen-bond donors (Lipinski definition) is 1. The topological polar surface area (TPSA) is 76.6 Å². The molecule has 0 unspecified atom stereocenters. The molecule has 7 nitrogen and oxygen atoms in total. The highest BCUT2D eigenvalue weighted by molar-refractivity contribution is 7.13. The van der Waals surface area contributed by atoms with E-state index in [1.807, 2.05) is 36.4 Å². The van der Waals surface area contributed by atoms with Gasteiger partial charge in [0.1, 0.15) is 22.3 Å². The van der Waals surface area contributed by atoms with Gasteiger partial charge in [0.15, 0.2) is 0 Å². The zero-order valence-electron chi connectivity index (χ0n) is 16.1. The third kappa shape index (κ3) is 4.55. The lowest BCUT2D eigenvalue weighted by Gasteiger charge is -2.27. The summed E-state index contributed by atoms with van der Waals surface area (Å²) in [6.07, 6.45) is 1.78. The highest BCUT2D eigenvalue weighted by atomic mass is 32.1. The SMILES string of the molecule is COc1ccccc1CNC(=O)c1csc(-c2ccnc(N3CCOCC3)c2)n1. The van der Waals surface area contributed by atoms with Crippen molar-refractivity contribution in [3.8, 4) is 16.3 Å². The molecule has 0 radical (unpaired) electrons. The Morgan fingerprint density at radius 2 is 2.10 bits per heavy atom. The molecule has 1 aromatic carbocycles. The van der Waals surface area contributed by atoms with Crippen molar-refractivity contribution in [3.05, 3.63) is 59.2 Å². The predicted octanol–water partition coefficient (Wildman–Crippen LogP) is 2.98. The molecule has 0 saturated carbocycles. The zero-order valence-corrected chi connectivity index (χ0v) is 16.9. The van der Waals surface area contributed by atoms with Crippen molar-refractivity contribution in [1.29, 1.82) is 0 Å². The van der Waals surface area contributed by atoms with Gasteiger partial charge >= 0.3 is 0 Å². The first-order valence-corrected chi connectivity index (χ1v) is 10.3. The van der Waals surface area contributed by atoms with Gasteiger partial charge in [-0.15, -0.1) is 11.3 Å². The van der Waals surface area contributed by atoms with Gasteiger partial charge < -0.3 is 19.7 Å². The summed E-state index contributed by atoms with van der Waals surface area (Å²) in [4.78, 5) is 23.7. The molecule has 3 aromatic rings. The maximum atomic E-state index is 12.5. The highest BCUT2D eigenvalue weighted by Gasteiger charge is 2.16. The monoisotopic (exact) mass is 410 g/mol. The number of nitrogens with one attached hydrogen (secondary N) is 1. The molecule has 1 saturated heterocycles. The fourth-order valence-corrected chi connectivity index (χ4v) is 3.94. The minimum atomic E-state index is -0.208. The number of benzene rings is 1. The van der Waals surface area contributed by atoms with Crippen LogP contribution >= 0.6 is 11.3 Å². The van der Waals surface area contributed by atoms with Crippen LogP contribution in [-0.2, 0) is 11.3 Å². The fraction of sp³-hybridized carbons (Fsp3) is 0.286. The standard InChI is InChI=1S/C21H22N4O3S/c1-27-18-5-3-2-4-16(18)13-23-20(26)17-14-29-21(24-17)15-6-7-22-19(12-15)25-8-10-28-11-9-25/h2-7,12,14H,8-11,13H2,1H3,(H,23,26). The third-order valence-electron chi connectivity index (χ3n) is 4.70. The van der Waals surface area contributed by atoms with Gasteiger partial charge in [-0.2, -0.15) is 0 Å². The van der Waals surface area contributed by atoms with Gasteiger partial charge in [-0.1, -0.05) is 18.2 Å². The largest absolute Gasteiger partial charge is 0.496 e. The van der Waals surface area contributed by atoms with Crippen molar-refractivity contribution in [2.45, 2.75) is 6.54 Å². The smallest absolute Gasteiger partial charge is 0.271 e. The first kappa shape index (κ1) is 19.4. The van der Waals surface area contributed by atoms with Crippen molar-refractivity contribution in [2.24, 2.45) is 0 Å². The van der Waals surface area contributed by atoms with Crippen LogP contribution < -0.4 is 15.0 Å². The fourth-order valence-electron chi connectivity index (χ4n) is 3.14. The number of carbonyl (C=O) groups is 1. The van der Waals surface area contributed by atoms with E-state index in [0.29, 0.717) is 25.5 Å². The van der Waals surface area contributed by atoms with Gasteiger partial charge in [0, 0.05) is 42.3 Å². The van der Waals surface area contributed by atoms with E-state index in [2.05, 4.69) is 20.2 Å². The number of thiazole rings is 1. The van der Waals surface area contributed by atoms with Crippen LogP contribution in [0.3, 0.4) is 0 Å². The summed E-state index contributed by atoms with van der Waals surface area (Å²) < 4.78 is 10.7. The number of carbonyl (C=O) groups excluding carboxylic acids is 1. The summed E-state index contributed by atoms with van der Waals surface area (Å²) in [5.41, 5.74) is 2.28. The molecule has 1 aliphatic rings. The molecule has 0 aliphatic carbocycles. The summed E-state index contributed by atoms with van der Waals surface area (Å²) in [5.74, 6) is 1.45. The molecule has 150 valence electrons. The normalized spacial score (nSPS) is 13.9. The quantitative estimate of drug-likeness (QED) is 0.673. The molecule has 1 fully saturated rings. The maximum Gasteiger partial charge on any atom is 0.271 e. The number of rotatable bonds is 6. The first-order valence-electron chi connectivity index (χ1n) is 9.39. The Hall–Kier alpha value is -2.97. The number of pyridine rings is 1. The van der Waals surface area contributed by atoms with Crippen LogP contribution in [0.4, 0.5) is 5.82 Å². The molecule has 0 atom stereocenters. The number of anilines is 1. The van der Waals surface area contributed by atoms with Crippen LogP contribution in [0.2, 0.25) is 0 Å². The number of aromatic nitrogens is 2. The third-order valence-corrected chi connectivity index (χ3v) is 5.59. The van der Waals surface area contributed by atoms with Crippen LogP contribution in [0.15, 0.2) is 48.0 Å². The van der Waals surface area contributed by atoms with Crippen LogP contribution in [0.25, 0.3) is 10.6 Å². The van der Waals surface area contributed by atoms with E-state index in [1.54, 1.807) is 18.7 Å². The van der Waals surface area contributed by atoms with Gasteiger partial charge in [-0.3, -0.25) is 4.79 Å². The number of methoxy groups -OCH3 is 1. The van der Waals surface area contributed by atoms with Crippen LogP contribution in [0.5, 0.6) is 5.75 Å². The number of ether oxygens (including phenoxy) is 2. The second-order valence-electron chi connectivity index (χ2n) is 6.53. The molecule has 1 amide bonds. The summed E-state index contributed by atoms with van der Waals surface area (Å²) >= 11 is 1.45. The number of nitrogens with zero attached hydrogens (tertiary/aromatic N) is 3. The lowest BCUT2D eigenvalue weighted by Crippen LogP contribution is -2.36. The number of para-hydroxylation sites is 1. The lowest BCUT2D eigenvalue weighted by atomic mass is 10.2. The van der Waals surface area contributed by atoms with Crippen molar-refractivity contribution in [1.82, 2.24) is 15.3 Å². The molecule has 0 bridgehead atoms. The van der Waals surface area contributed by atoms with Gasteiger partial charge in [0.2, 0.25) is 0 Å². The molecule has 1 N–H and O–H groups in total. The molecule has 2 aromatic heterocycles.